The predicted molar refractivity (Wildman–Crippen MR) is 67.1 cm³/mol. The predicted octanol–water partition coefficient (Wildman–Crippen LogP) is 2.66. The Morgan fingerprint density at radius 1 is 1.36 bits per heavy atom. The van der Waals surface area contributed by atoms with E-state index in [1.54, 1.807) is 5.32 Å². The van der Waals surface area contributed by atoms with E-state index in [-0.39, 0.29) is 11.6 Å². The Hall–Kier alpha value is -1.36. The fourth-order valence-corrected chi connectivity index (χ4v) is 2.26. The molecule has 0 fully saturated rings. The Bertz CT molecular complexity index is 513. The van der Waals surface area contributed by atoms with Crippen LogP contribution in [0, 0.1) is 0 Å². The highest BCUT2D eigenvalue weighted by Gasteiger charge is 2.34. The number of carbonyl (C=O) groups is 1. The van der Waals surface area contributed by atoms with Gasteiger partial charge in [0.1, 0.15) is 11.6 Å². The molecule has 22 heavy (non-hydrogen) atoms. The van der Waals surface area contributed by atoms with Crippen molar-refractivity contribution in [3.05, 3.63) is 16.1 Å². The van der Waals surface area contributed by atoms with Gasteiger partial charge in [-0.25, -0.2) is 4.98 Å². The van der Waals surface area contributed by atoms with Gasteiger partial charge in [-0.15, -0.1) is 11.3 Å². The van der Waals surface area contributed by atoms with Crippen molar-refractivity contribution in [3.63, 3.8) is 0 Å². The van der Waals surface area contributed by atoms with Gasteiger partial charge in [0.05, 0.1) is 12.6 Å². The highest BCUT2D eigenvalue weighted by atomic mass is 32.1. The first-order valence-electron chi connectivity index (χ1n) is 5.96. The van der Waals surface area contributed by atoms with Crippen molar-refractivity contribution in [1.82, 2.24) is 15.2 Å². The zero-order valence-corrected chi connectivity index (χ0v) is 12.4. The third-order valence-corrected chi connectivity index (χ3v) is 3.56. The first kappa shape index (κ1) is 18.7. The Balaban J connectivity index is 2.58. The second-order valence-corrected chi connectivity index (χ2v) is 5.49. The number of likely N-dealkylation sites (N-methyl/N-ethyl adjacent to an activating group) is 1. The Morgan fingerprint density at radius 3 is 2.41 bits per heavy atom. The molecule has 11 heteroatoms. The molecule has 1 atom stereocenters. The molecule has 0 saturated carbocycles. The zero-order valence-electron chi connectivity index (χ0n) is 11.5. The molecule has 4 nitrogen and oxygen atoms in total. The summed E-state index contributed by atoms with van der Waals surface area (Å²) < 4.78 is 73.2. The number of amides is 1. The van der Waals surface area contributed by atoms with Crippen molar-refractivity contribution in [2.75, 3.05) is 13.6 Å². The van der Waals surface area contributed by atoms with E-state index in [4.69, 9.17) is 0 Å². The summed E-state index contributed by atoms with van der Waals surface area (Å²) >= 11 is 0.767. The van der Waals surface area contributed by atoms with Gasteiger partial charge in [0.15, 0.2) is 5.69 Å². The lowest BCUT2D eigenvalue weighted by atomic mass is 10.2. The van der Waals surface area contributed by atoms with Gasteiger partial charge in [0, 0.05) is 5.38 Å². The van der Waals surface area contributed by atoms with Gasteiger partial charge >= 0.3 is 12.4 Å². The molecule has 0 saturated heterocycles. The molecule has 0 bridgehead atoms. The molecule has 0 aliphatic carbocycles. The van der Waals surface area contributed by atoms with Crippen LogP contribution in [0.4, 0.5) is 26.3 Å². The van der Waals surface area contributed by atoms with Gasteiger partial charge in [-0.05, 0) is 14.0 Å². The summed E-state index contributed by atoms with van der Waals surface area (Å²) in [5.41, 5.74) is -1.03. The summed E-state index contributed by atoms with van der Waals surface area (Å²) in [6.07, 6.45) is -9.08. The third-order valence-electron chi connectivity index (χ3n) is 2.73. The molecular weight excluding hydrogens is 336 g/mol. The lowest BCUT2D eigenvalue weighted by molar-refractivity contribution is -0.141. The average Bonchev–Trinajstić information content (AvgIpc) is 2.82. The number of nitrogens with zero attached hydrogens (tertiary/aromatic N) is 2. The second kappa shape index (κ2) is 6.82. The Morgan fingerprint density at radius 2 is 1.95 bits per heavy atom. The van der Waals surface area contributed by atoms with Crippen molar-refractivity contribution in [2.24, 2.45) is 0 Å². The van der Waals surface area contributed by atoms with Crippen LogP contribution in [-0.2, 0) is 17.5 Å². The number of hydrogen-bond donors (Lipinski definition) is 1. The van der Waals surface area contributed by atoms with Crippen LogP contribution in [0.15, 0.2) is 5.38 Å². The van der Waals surface area contributed by atoms with Crippen LogP contribution < -0.4 is 5.32 Å². The number of halogens is 6. The van der Waals surface area contributed by atoms with E-state index in [1.165, 1.54) is 18.9 Å². The number of alkyl halides is 6. The van der Waals surface area contributed by atoms with Crippen LogP contribution in [-0.4, -0.2) is 41.6 Å². The van der Waals surface area contributed by atoms with Crippen LogP contribution in [0.1, 0.15) is 17.6 Å². The standard InChI is InChI=1S/C11H13F6N3OS/c1-6(9(21)18-5-10(12,13)14)20(2)3-8-19-7(4-22-8)11(15,16)17/h4,6H,3,5H2,1-2H3,(H,18,21). The SMILES string of the molecule is CC(C(=O)NCC(F)(F)F)N(C)Cc1nc(C(F)(F)F)cs1. The maximum absolute atomic E-state index is 12.4. The molecule has 1 heterocycles. The molecule has 0 radical (unpaired) electrons. The molecule has 0 spiro atoms. The van der Waals surface area contributed by atoms with Crippen molar-refractivity contribution in [1.29, 1.82) is 0 Å². The summed E-state index contributed by atoms with van der Waals surface area (Å²) in [4.78, 5) is 16.2. The lowest BCUT2D eigenvalue weighted by Gasteiger charge is -2.23. The van der Waals surface area contributed by atoms with Gasteiger partial charge in [-0.1, -0.05) is 0 Å². The number of aromatic nitrogens is 1. The van der Waals surface area contributed by atoms with Crippen molar-refractivity contribution in [2.45, 2.75) is 31.9 Å². The van der Waals surface area contributed by atoms with E-state index in [2.05, 4.69) is 4.98 Å². The monoisotopic (exact) mass is 349 g/mol. The molecule has 1 amide bonds. The molecule has 0 aliphatic heterocycles. The molecule has 0 aromatic carbocycles. The highest BCUT2D eigenvalue weighted by molar-refractivity contribution is 7.09. The maximum atomic E-state index is 12.4. The van der Waals surface area contributed by atoms with E-state index in [9.17, 15) is 31.1 Å². The first-order valence-corrected chi connectivity index (χ1v) is 6.84. The van der Waals surface area contributed by atoms with Crippen LogP contribution in [0.5, 0.6) is 0 Å². The second-order valence-electron chi connectivity index (χ2n) is 4.55. The minimum absolute atomic E-state index is 0.0820. The number of hydrogen-bond acceptors (Lipinski definition) is 4. The fraction of sp³-hybridized carbons (Fsp3) is 0.636. The molecule has 1 unspecified atom stereocenters. The number of thiazole rings is 1. The molecule has 1 N–H and O–H groups in total. The smallest absolute Gasteiger partial charge is 0.346 e. The first-order chi connectivity index (χ1) is 9.90. The van der Waals surface area contributed by atoms with E-state index >= 15 is 0 Å². The highest BCUT2D eigenvalue weighted by Crippen LogP contribution is 2.30. The van der Waals surface area contributed by atoms with Gasteiger partial charge in [-0.2, -0.15) is 26.3 Å². The van der Waals surface area contributed by atoms with Crippen molar-refractivity contribution < 1.29 is 31.1 Å². The Kier molecular flexibility index (Phi) is 5.79. The van der Waals surface area contributed by atoms with Gasteiger partial charge in [-0.3, -0.25) is 9.69 Å². The van der Waals surface area contributed by atoms with E-state index < -0.39 is 36.5 Å². The maximum Gasteiger partial charge on any atom is 0.434 e. The lowest BCUT2D eigenvalue weighted by Crippen LogP contribution is -2.45. The number of nitrogens with one attached hydrogen (secondary N) is 1. The fourth-order valence-electron chi connectivity index (χ4n) is 1.40. The van der Waals surface area contributed by atoms with Gasteiger partial charge < -0.3 is 5.32 Å². The molecule has 126 valence electrons. The summed E-state index contributed by atoms with van der Waals surface area (Å²) in [5.74, 6) is -0.868. The van der Waals surface area contributed by atoms with E-state index in [0.717, 1.165) is 16.7 Å². The quantitative estimate of drug-likeness (QED) is 0.832. The summed E-state index contributed by atoms with van der Waals surface area (Å²) in [6, 6.07) is -0.944. The zero-order chi connectivity index (χ0) is 17.1. The van der Waals surface area contributed by atoms with Crippen LogP contribution >= 0.6 is 11.3 Å². The molecular formula is C11H13F6N3OS. The summed E-state index contributed by atoms with van der Waals surface area (Å²) in [7, 11) is 1.41. The molecule has 1 aromatic heterocycles. The minimum Gasteiger partial charge on any atom is -0.346 e. The molecule has 0 aliphatic rings. The van der Waals surface area contributed by atoms with Gasteiger partial charge in [0.25, 0.3) is 0 Å². The normalized spacial score (nSPS) is 14.2. The molecule has 1 rings (SSSR count). The summed E-state index contributed by atoms with van der Waals surface area (Å²) in [6.45, 7) is -0.190. The van der Waals surface area contributed by atoms with Crippen LogP contribution in [0.25, 0.3) is 0 Å². The van der Waals surface area contributed by atoms with Crippen molar-refractivity contribution >= 4 is 17.2 Å². The van der Waals surface area contributed by atoms with Gasteiger partial charge in [0.2, 0.25) is 5.91 Å². The van der Waals surface area contributed by atoms with Crippen molar-refractivity contribution in [3.8, 4) is 0 Å². The average molecular weight is 349 g/mol. The van der Waals surface area contributed by atoms with E-state index in [1.807, 2.05) is 0 Å². The van der Waals surface area contributed by atoms with Crippen LogP contribution in [0.2, 0.25) is 0 Å². The Labute approximate surface area is 126 Å². The van der Waals surface area contributed by atoms with Crippen LogP contribution in [0.3, 0.4) is 0 Å². The largest absolute Gasteiger partial charge is 0.434 e. The topological polar surface area (TPSA) is 45.2 Å². The number of carbonyl (C=O) groups excluding carboxylic acids is 1. The summed E-state index contributed by atoms with van der Waals surface area (Å²) in [5, 5.41) is 2.68. The molecule has 1 aromatic rings. The number of rotatable bonds is 5. The van der Waals surface area contributed by atoms with E-state index in [0.29, 0.717) is 0 Å². The third kappa shape index (κ3) is 5.79. The minimum atomic E-state index is -4.55.